The number of carbonyl (C=O) groups is 1. The van der Waals surface area contributed by atoms with Crippen molar-refractivity contribution < 1.29 is 14.5 Å². The minimum Gasteiger partial charge on any atom is -0.462 e. The van der Waals surface area contributed by atoms with Gasteiger partial charge in [0, 0.05) is 39.8 Å². The van der Waals surface area contributed by atoms with Crippen LogP contribution in [0.4, 0.5) is 11.4 Å². The molecule has 0 aromatic heterocycles. The molecule has 7 heteroatoms. The number of benzene rings is 5. The van der Waals surface area contributed by atoms with E-state index in [0.29, 0.717) is 17.8 Å². The molecule has 0 bridgehead atoms. The van der Waals surface area contributed by atoms with Crippen molar-refractivity contribution in [2.24, 2.45) is 0 Å². The maximum atomic E-state index is 15.1. The Morgan fingerprint density at radius 2 is 1.40 bits per heavy atom. The third kappa shape index (κ3) is 4.68. The second-order valence-electron chi connectivity index (χ2n) is 10.5. The third-order valence-electron chi connectivity index (χ3n) is 7.89. The molecule has 43 heavy (non-hydrogen) atoms. The highest BCUT2D eigenvalue weighted by atomic mass is 32.2. The van der Waals surface area contributed by atoms with Crippen LogP contribution in [-0.2, 0) is 15.3 Å². The Balaban J connectivity index is 1.53. The summed E-state index contributed by atoms with van der Waals surface area (Å²) < 4.78 is 7.29. The molecule has 0 radical (unpaired) electrons. The maximum absolute atomic E-state index is 15.1. The summed E-state index contributed by atoms with van der Waals surface area (Å²) in [6, 6.07) is 43.7. The van der Waals surface area contributed by atoms with Crippen molar-refractivity contribution in [3.8, 4) is 0 Å². The fourth-order valence-electron chi connectivity index (χ4n) is 5.94. The average molecular weight is 583 g/mol. The molecule has 7 rings (SSSR count). The van der Waals surface area contributed by atoms with Crippen LogP contribution in [0.2, 0.25) is 0 Å². The summed E-state index contributed by atoms with van der Waals surface area (Å²) in [6.07, 6.45) is 0.349. The molecule has 210 valence electrons. The van der Waals surface area contributed by atoms with Gasteiger partial charge < -0.3 is 4.74 Å². The molecule has 5 aromatic rings. The maximum Gasteiger partial charge on any atom is 0.269 e. The van der Waals surface area contributed by atoms with Gasteiger partial charge in [0.15, 0.2) is 0 Å². The first-order valence-corrected chi connectivity index (χ1v) is 14.9. The van der Waals surface area contributed by atoms with Gasteiger partial charge in [-0.05, 0) is 23.3 Å². The first-order chi connectivity index (χ1) is 21.0. The highest BCUT2D eigenvalue weighted by Crippen LogP contribution is 2.58. The Morgan fingerprint density at radius 1 is 0.767 bits per heavy atom. The lowest BCUT2D eigenvalue weighted by molar-refractivity contribution is -0.384. The molecule has 0 spiro atoms. The molecule has 0 aliphatic carbocycles. The highest BCUT2D eigenvalue weighted by Gasteiger charge is 2.54. The zero-order valence-electron chi connectivity index (χ0n) is 23.0. The molecule has 2 aliphatic rings. The summed E-state index contributed by atoms with van der Waals surface area (Å²) in [6.45, 7) is 0. The summed E-state index contributed by atoms with van der Waals surface area (Å²) in [4.78, 5) is 29.2. The second-order valence-corrected chi connectivity index (χ2v) is 11.7. The van der Waals surface area contributed by atoms with Crippen LogP contribution in [-0.4, -0.2) is 10.8 Å². The summed E-state index contributed by atoms with van der Waals surface area (Å²) in [5.74, 6) is 0.326. The SMILES string of the molecule is O=C1C(c2ccccc2)=C(c2ccccc2)O[C@]2(c3ccccc3)C[C@@H](c3cccc([N+](=O)[O-])c3)Sc3ccccc3N12. The van der Waals surface area contributed by atoms with Crippen LogP contribution in [0.1, 0.15) is 33.9 Å². The number of para-hydroxylation sites is 1. The number of thioether (sulfide) groups is 1. The number of ether oxygens (including phenoxy) is 1. The monoisotopic (exact) mass is 582 g/mol. The van der Waals surface area contributed by atoms with Gasteiger partial charge in [0.05, 0.1) is 16.2 Å². The first kappa shape index (κ1) is 26.7. The van der Waals surface area contributed by atoms with Gasteiger partial charge in [-0.15, -0.1) is 11.8 Å². The molecule has 5 aromatic carbocycles. The average Bonchev–Trinajstić information content (AvgIpc) is 3.21. The van der Waals surface area contributed by atoms with E-state index in [2.05, 4.69) is 0 Å². The number of hydrogen-bond acceptors (Lipinski definition) is 5. The van der Waals surface area contributed by atoms with Crippen molar-refractivity contribution in [2.75, 3.05) is 4.90 Å². The highest BCUT2D eigenvalue weighted by molar-refractivity contribution is 7.99. The molecule has 0 fully saturated rings. The number of nitro groups is 1. The number of nitro benzene ring substituents is 1. The third-order valence-corrected chi connectivity index (χ3v) is 9.21. The van der Waals surface area contributed by atoms with E-state index in [1.54, 1.807) is 28.8 Å². The van der Waals surface area contributed by atoms with Crippen LogP contribution in [0.15, 0.2) is 144 Å². The normalized spacial score (nSPS) is 19.6. The number of rotatable bonds is 5. The summed E-state index contributed by atoms with van der Waals surface area (Å²) >= 11 is 1.59. The largest absolute Gasteiger partial charge is 0.462 e. The Kier molecular flexibility index (Phi) is 6.80. The van der Waals surface area contributed by atoms with E-state index in [1.807, 2.05) is 121 Å². The molecular weight excluding hydrogens is 556 g/mol. The molecule has 6 nitrogen and oxygen atoms in total. The Hall–Kier alpha value is -5.14. The number of anilines is 1. The number of carbonyl (C=O) groups excluding carboxylic acids is 1. The molecule has 0 saturated carbocycles. The number of nitrogens with zero attached hydrogens (tertiary/aromatic N) is 2. The number of hydrogen-bond donors (Lipinski definition) is 0. The van der Waals surface area contributed by atoms with Crippen molar-refractivity contribution in [1.82, 2.24) is 0 Å². The zero-order chi connectivity index (χ0) is 29.4. The fraction of sp³-hybridized carbons (Fsp3) is 0.0833. The van der Waals surface area contributed by atoms with Crippen molar-refractivity contribution in [2.45, 2.75) is 22.3 Å². The lowest BCUT2D eigenvalue weighted by atomic mass is 9.87. The molecule has 2 atom stereocenters. The van der Waals surface area contributed by atoms with Crippen LogP contribution in [0.3, 0.4) is 0 Å². The van der Waals surface area contributed by atoms with Crippen LogP contribution in [0.5, 0.6) is 0 Å². The van der Waals surface area contributed by atoms with Gasteiger partial charge in [-0.25, -0.2) is 0 Å². The van der Waals surface area contributed by atoms with E-state index in [-0.39, 0.29) is 21.8 Å². The van der Waals surface area contributed by atoms with E-state index in [1.165, 1.54) is 6.07 Å². The lowest BCUT2D eigenvalue weighted by Crippen LogP contribution is -2.55. The number of non-ortho nitro benzene ring substituents is 1. The second kappa shape index (κ2) is 10.9. The molecule has 2 heterocycles. The number of amides is 1. The molecule has 1 amide bonds. The predicted molar refractivity (Wildman–Crippen MR) is 169 cm³/mol. The van der Waals surface area contributed by atoms with E-state index in [9.17, 15) is 10.1 Å². The molecule has 2 aliphatic heterocycles. The van der Waals surface area contributed by atoms with Gasteiger partial charge in [-0.2, -0.15) is 0 Å². The van der Waals surface area contributed by atoms with Gasteiger partial charge in [0.2, 0.25) is 5.72 Å². The quantitative estimate of drug-likeness (QED) is 0.153. The van der Waals surface area contributed by atoms with Gasteiger partial charge in [0.1, 0.15) is 5.76 Å². The van der Waals surface area contributed by atoms with E-state index >= 15 is 4.79 Å². The zero-order valence-corrected chi connectivity index (χ0v) is 23.8. The Labute approximate surface area is 253 Å². The van der Waals surface area contributed by atoms with Crippen molar-refractivity contribution in [3.05, 3.63) is 172 Å². The molecule has 0 N–H and O–H groups in total. The predicted octanol–water partition coefficient (Wildman–Crippen LogP) is 8.62. The van der Waals surface area contributed by atoms with Crippen molar-refractivity contribution in [1.29, 1.82) is 0 Å². The van der Waals surface area contributed by atoms with Crippen LogP contribution < -0.4 is 4.90 Å². The van der Waals surface area contributed by atoms with E-state index < -0.39 is 5.72 Å². The molecule has 0 unspecified atom stereocenters. The van der Waals surface area contributed by atoms with Crippen molar-refractivity contribution >= 4 is 40.4 Å². The van der Waals surface area contributed by atoms with E-state index in [0.717, 1.165) is 32.8 Å². The lowest BCUT2D eigenvalue weighted by Gasteiger charge is -2.48. The van der Waals surface area contributed by atoms with Gasteiger partial charge in [0.25, 0.3) is 11.6 Å². The standard InChI is InChI=1S/C36H26N2O4S/c39-35-33(25-13-4-1-5-14-25)34(26-15-6-2-7-16-26)42-36(28-18-8-3-9-19-28)24-32(27-17-12-20-29(23-27)38(40)41)43-31-22-11-10-21-30(31)37(35)36/h1-23,32H,24H2/t32-,36-/m0/s1. The summed E-state index contributed by atoms with van der Waals surface area (Å²) in [5.41, 5.74) is 3.15. The van der Waals surface area contributed by atoms with Gasteiger partial charge in [-0.1, -0.05) is 115 Å². The van der Waals surface area contributed by atoms with Gasteiger partial charge >= 0.3 is 0 Å². The fourth-order valence-corrected chi connectivity index (χ4v) is 7.28. The molecule has 0 saturated heterocycles. The topological polar surface area (TPSA) is 72.7 Å². The smallest absolute Gasteiger partial charge is 0.269 e. The van der Waals surface area contributed by atoms with E-state index in [4.69, 9.17) is 4.74 Å². The summed E-state index contributed by atoms with van der Waals surface area (Å²) in [5, 5.41) is 11.5. The van der Waals surface area contributed by atoms with Crippen LogP contribution >= 0.6 is 11.8 Å². The van der Waals surface area contributed by atoms with Crippen molar-refractivity contribution in [3.63, 3.8) is 0 Å². The Morgan fingerprint density at radius 3 is 2.09 bits per heavy atom. The first-order valence-electron chi connectivity index (χ1n) is 14.0. The minimum atomic E-state index is -1.25. The Bertz CT molecular complexity index is 1860. The van der Waals surface area contributed by atoms with Crippen LogP contribution in [0, 0.1) is 10.1 Å². The number of fused-ring (bicyclic) bond motifs is 3. The molecular formula is C36H26N2O4S. The summed E-state index contributed by atoms with van der Waals surface area (Å²) in [7, 11) is 0. The van der Waals surface area contributed by atoms with Gasteiger partial charge in [-0.3, -0.25) is 19.8 Å². The minimum absolute atomic E-state index is 0.0260. The van der Waals surface area contributed by atoms with Crippen LogP contribution in [0.25, 0.3) is 11.3 Å².